The van der Waals surface area contributed by atoms with Crippen LogP contribution in [0.4, 0.5) is 11.4 Å². The number of nitrogens with one attached hydrogen (secondary N) is 1. The molecule has 2 aromatic rings. The van der Waals surface area contributed by atoms with Crippen LogP contribution in [0, 0.1) is 0 Å². The van der Waals surface area contributed by atoms with Crippen molar-refractivity contribution in [3.63, 3.8) is 0 Å². The predicted octanol–water partition coefficient (Wildman–Crippen LogP) is 4.57. The van der Waals surface area contributed by atoms with Gasteiger partial charge in [0.15, 0.2) is 5.78 Å². The minimum Gasteiger partial charge on any atom is -0.388 e. The standard InChI is InChI=1S/C16H14N4O/c1-18-15-5-3-2-4-12(15)8-11-16(21)13-6-9-14(10-7-13)19-20-17/h2-11,18H,1H3. The Kier molecular flexibility index (Phi) is 4.75. The number of rotatable bonds is 5. The van der Waals surface area contributed by atoms with Crippen molar-refractivity contribution in [1.29, 1.82) is 0 Å². The molecule has 0 aliphatic rings. The lowest BCUT2D eigenvalue weighted by Crippen LogP contribution is -1.94. The molecule has 5 heteroatoms. The highest BCUT2D eigenvalue weighted by Gasteiger charge is 2.02. The number of carbonyl (C=O) groups is 1. The van der Waals surface area contributed by atoms with Gasteiger partial charge in [0.05, 0.1) is 0 Å². The minimum absolute atomic E-state index is 0.103. The quantitative estimate of drug-likeness (QED) is 0.286. The molecule has 0 spiro atoms. The fourth-order valence-corrected chi connectivity index (χ4v) is 1.88. The molecule has 5 nitrogen and oxygen atoms in total. The number of ketones is 1. The lowest BCUT2D eigenvalue weighted by Gasteiger charge is -2.03. The Morgan fingerprint density at radius 2 is 1.90 bits per heavy atom. The van der Waals surface area contributed by atoms with Crippen molar-refractivity contribution in [2.45, 2.75) is 0 Å². The highest BCUT2D eigenvalue weighted by molar-refractivity contribution is 6.07. The van der Waals surface area contributed by atoms with Crippen LogP contribution in [0.15, 0.2) is 59.7 Å². The first-order valence-electron chi connectivity index (χ1n) is 6.39. The average Bonchev–Trinajstić information content (AvgIpc) is 2.54. The molecule has 1 N–H and O–H groups in total. The molecule has 0 amide bonds. The summed E-state index contributed by atoms with van der Waals surface area (Å²) < 4.78 is 0. The van der Waals surface area contributed by atoms with Crippen LogP contribution in [0.5, 0.6) is 0 Å². The van der Waals surface area contributed by atoms with E-state index in [1.807, 2.05) is 31.3 Å². The summed E-state index contributed by atoms with van der Waals surface area (Å²) in [5, 5.41) is 6.54. The number of allylic oxidation sites excluding steroid dienone is 1. The van der Waals surface area contributed by atoms with Gasteiger partial charge in [0.25, 0.3) is 0 Å². The number of carbonyl (C=O) groups excluding carboxylic acids is 1. The molecule has 2 aromatic carbocycles. The molecule has 0 fully saturated rings. The number of benzene rings is 2. The van der Waals surface area contributed by atoms with Crippen LogP contribution >= 0.6 is 0 Å². The fraction of sp³-hybridized carbons (Fsp3) is 0.0625. The van der Waals surface area contributed by atoms with Crippen LogP contribution in [0.1, 0.15) is 15.9 Å². The molecule has 0 aromatic heterocycles. The maximum absolute atomic E-state index is 12.1. The van der Waals surface area contributed by atoms with Crippen molar-refractivity contribution in [3.8, 4) is 0 Å². The Hall–Kier alpha value is -3.04. The largest absolute Gasteiger partial charge is 0.388 e. The second kappa shape index (κ2) is 6.93. The first-order chi connectivity index (χ1) is 10.2. The van der Waals surface area contributed by atoms with E-state index in [9.17, 15) is 4.79 Å². The second-order valence-corrected chi connectivity index (χ2v) is 4.27. The van der Waals surface area contributed by atoms with Crippen molar-refractivity contribution in [2.24, 2.45) is 5.11 Å². The summed E-state index contributed by atoms with van der Waals surface area (Å²) in [6.45, 7) is 0. The SMILES string of the molecule is CNc1ccccc1C=CC(=O)c1ccc(N=[N+]=[N-])cc1. The molecule has 0 unspecified atom stereocenters. The van der Waals surface area contributed by atoms with Gasteiger partial charge >= 0.3 is 0 Å². The average molecular weight is 278 g/mol. The zero-order valence-electron chi connectivity index (χ0n) is 11.5. The van der Waals surface area contributed by atoms with Crippen LogP contribution in [0.25, 0.3) is 16.5 Å². The van der Waals surface area contributed by atoms with E-state index in [2.05, 4.69) is 15.3 Å². The summed E-state index contributed by atoms with van der Waals surface area (Å²) in [5.41, 5.74) is 11.3. The maximum atomic E-state index is 12.1. The Balaban J connectivity index is 2.17. The number of hydrogen-bond donors (Lipinski definition) is 1. The van der Waals surface area contributed by atoms with Crippen LogP contribution in [0.2, 0.25) is 0 Å². The van der Waals surface area contributed by atoms with Gasteiger partial charge in [0.2, 0.25) is 0 Å². The molecule has 0 saturated heterocycles. The monoisotopic (exact) mass is 278 g/mol. The van der Waals surface area contributed by atoms with Gasteiger partial charge in [0.1, 0.15) is 0 Å². The van der Waals surface area contributed by atoms with Crippen molar-refractivity contribution in [1.82, 2.24) is 0 Å². The normalized spacial score (nSPS) is 10.1. The third-order valence-corrected chi connectivity index (χ3v) is 2.96. The zero-order valence-corrected chi connectivity index (χ0v) is 11.5. The molecule has 0 aliphatic carbocycles. The van der Waals surface area contributed by atoms with Gasteiger partial charge in [-0.05, 0) is 29.3 Å². The molecule has 0 aliphatic heterocycles. The second-order valence-electron chi connectivity index (χ2n) is 4.27. The van der Waals surface area contributed by atoms with Crippen LogP contribution in [-0.4, -0.2) is 12.8 Å². The van der Waals surface area contributed by atoms with Crippen LogP contribution < -0.4 is 5.32 Å². The molecular formula is C16H14N4O. The fourth-order valence-electron chi connectivity index (χ4n) is 1.88. The summed E-state index contributed by atoms with van der Waals surface area (Å²) in [4.78, 5) is 14.8. The minimum atomic E-state index is -0.103. The maximum Gasteiger partial charge on any atom is 0.185 e. The van der Waals surface area contributed by atoms with Crippen molar-refractivity contribution < 1.29 is 4.79 Å². The number of para-hydroxylation sites is 1. The van der Waals surface area contributed by atoms with Gasteiger partial charge in [-0.2, -0.15) is 0 Å². The van der Waals surface area contributed by atoms with Crippen LogP contribution in [-0.2, 0) is 0 Å². The van der Waals surface area contributed by atoms with Gasteiger partial charge in [-0.3, -0.25) is 4.79 Å². The first-order valence-corrected chi connectivity index (χ1v) is 6.39. The molecule has 0 heterocycles. The summed E-state index contributed by atoms with van der Waals surface area (Å²) in [7, 11) is 1.84. The van der Waals surface area contributed by atoms with Crippen molar-refractivity contribution in [3.05, 3.63) is 76.2 Å². The Bertz CT molecular complexity index is 713. The zero-order chi connectivity index (χ0) is 15.1. The van der Waals surface area contributed by atoms with E-state index < -0.39 is 0 Å². The van der Waals surface area contributed by atoms with Crippen LogP contribution in [0.3, 0.4) is 0 Å². The summed E-state index contributed by atoms with van der Waals surface area (Å²) >= 11 is 0. The number of azide groups is 1. The molecule has 104 valence electrons. The van der Waals surface area contributed by atoms with E-state index in [0.717, 1.165) is 11.3 Å². The summed E-state index contributed by atoms with van der Waals surface area (Å²) in [6.07, 6.45) is 3.30. The van der Waals surface area contributed by atoms with Gasteiger partial charge in [-0.1, -0.05) is 47.6 Å². The van der Waals surface area contributed by atoms with Gasteiger partial charge in [-0.15, -0.1) is 0 Å². The molecule has 0 saturated carbocycles. The molecule has 21 heavy (non-hydrogen) atoms. The van der Waals surface area contributed by atoms with E-state index >= 15 is 0 Å². The van der Waals surface area contributed by atoms with E-state index in [0.29, 0.717) is 11.3 Å². The molecule has 0 bridgehead atoms. The Morgan fingerprint density at radius 3 is 2.57 bits per heavy atom. The van der Waals surface area contributed by atoms with Crippen molar-refractivity contribution >= 4 is 23.2 Å². The summed E-state index contributed by atoms with van der Waals surface area (Å²) in [5.74, 6) is -0.103. The van der Waals surface area contributed by atoms with Crippen molar-refractivity contribution in [2.75, 3.05) is 12.4 Å². The predicted molar refractivity (Wildman–Crippen MR) is 84.6 cm³/mol. The van der Waals surface area contributed by atoms with E-state index in [1.165, 1.54) is 6.08 Å². The summed E-state index contributed by atoms with van der Waals surface area (Å²) in [6, 6.07) is 14.2. The van der Waals surface area contributed by atoms with E-state index in [1.54, 1.807) is 30.3 Å². The first kappa shape index (κ1) is 14.4. The van der Waals surface area contributed by atoms with Gasteiger partial charge in [-0.25, -0.2) is 0 Å². The van der Waals surface area contributed by atoms with Gasteiger partial charge in [0, 0.05) is 28.9 Å². The lowest BCUT2D eigenvalue weighted by atomic mass is 10.1. The Morgan fingerprint density at radius 1 is 1.19 bits per heavy atom. The topological polar surface area (TPSA) is 77.9 Å². The molecular weight excluding hydrogens is 264 g/mol. The smallest absolute Gasteiger partial charge is 0.185 e. The Labute approximate surface area is 122 Å². The highest BCUT2D eigenvalue weighted by atomic mass is 16.1. The number of nitrogens with zero attached hydrogens (tertiary/aromatic N) is 3. The number of anilines is 1. The molecule has 0 radical (unpaired) electrons. The third kappa shape index (κ3) is 3.72. The van der Waals surface area contributed by atoms with E-state index in [-0.39, 0.29) is 5.78 Å². The lowest BCUT2D eigenvalue weighted by molar-refractivity contribution is 0.104. The molecule has 2 rings (SSSR count). The van der Waals surface area contributed by atoms with Gasteiger partial charge < -0.3 is 5.32 Å². The molecule has 0 atom stereocenters. The van der Waals surface area contributed by atoms with E-state index in [4.69, 9.17) is 5.53 Å². The highest BCUT2D eigenvalue weighted by Crippen LogP contribution is 2.17. The third-order valence-electron chi connectivity index (χ3n) is 2.96. The number of hydrogen-bond acceptors (Lipinski definition) is 3.